The van der Waals surface area contributed by atoms with Gasteiger partial charge in [0.15, 0.2) is 0 Å². The van der Waals surface area contributed by atoms with Gasteiger partial charge in [-0.3, -0.25) is 0 Å². The summed E-state index contributed by atoms with van der Waals surface area (Å²) in [5.41, 5.74) is 0.423. The average Bonchev–Trinajstić information content (AvgIpc) is 2.13. The van der Waals surface area contributed by atoms with Crippen LogP contribution in [-0.2, 0) is 0 Å². The van der Waals surface area contributed by atoms with Crippen LogP contribution in [0.4, 0.5) is 0 Å². The van der Waals surface area contributed by atoms with E-state index in [0.717, 1.165) is 24.3 Å². The van der Waals surface area contributed by atoms with Crippen molar-refractivity contribution in [1.29, 1.82) is 0 Å². The smallest absolute Gasteiger partial charge is 0.00154 e. The van der Waals surface area contributed by atoms with Gasteiger partial charge < -0.3 is 5.32 Å². The van der Waals surface area contributed by atoms with Crippen LogP contribution in [0.5, 0.6) is 0 Å². The summed E-state index contributed by atoms with van der Waals surface area (Å²) in [6, 6.07) is 0. The van der Waals surface area contributed by atoms with Crippen molar-refractivity contribution < 1.29 is 0 Å². The van der Waals surface area contributed by atoms with Crippen LogP contribution >= 0.6 is 0 Å². The Bertz CT molecular complexity index is 178. The monoisotopic (exact) mass is 241 g/mol. The van der Waals surface area contributed by atoms with Crippen LogP contribution in [0, 0.1) is 23.2 Å². The van der Waals surface area contributed by atoms with E-state index < -0.39 is 0 Å². The molecule has 0 aromatic carbocycles. The van der Waals surface area contributed by atoms with Crippen molar-refractivity contribution in [3.8, 4) is 0 Å². The average molecular weight is 241 g/mol. The first kappa shape index (κ1) is 17.0. The SMILES string of the molecule is CCCNCC(CC(C)CC(C)C)C(C)(C)C. The summed E-state index contributed by atoms with van der Waals surface area (Å²) >= 11 is 0. The van der Waals surface area contributed by atoms with Crippen LogP contribution < -0.4 is 5.32 Å². The normalized spacial score (nSPS) is 16.2. The number of hydrogen-bond donors (Lipinski definition) is 1. The first-order valence-electron chi connectivity index (χ1n) is 7.48. The molecule has 0 saturated carbocycles. The Balaban J connectivity index is 4.19. The molecule has 0 aliphatic rings. The third-order valence-corrected chi connectivity index (χ3v) is 3.60. The van der Waals surface area contributed by atoms with Crippen LogP contribution in [0.2, 0.25) is 0 Å². The van der Waals surface area contributed by atoms with E-state index in [9.17, 15) is 0 Å². The Labute approximate surface area is 110 Å². The Kier molecular flexibility index (Phi) is 8.11. The summed E-state index contributed by atoms with van der Waals surface area (Å²) in [6.45, 7) is 18.8. The molecule has 1 N–H and O–H groups in total. The molecule has 0 amide bonds. The summed E-state index contributed by atoms with van der Waals surface area (Å²) in [5, 5.41) is 3.60. The molecule has 1 nitrogen and oxygen atoms in total. The number of hydrogen-bond acceptors (Lipinski definition) is 1. The summed E-state index contributed by atoms with van der Waals surface area (Å²) in [4.78, 5) is 0. The Morgan fingerprint density at radius 1 is 1.00 bits per heavy atom. The topological polar surface area (TPSA) is 12.0 Å². The molecule has 0 heterocycles. The minimum absolute atomic E-state index is 0.423. The van der Waals surface area contributed by atoms with E-state index in [1.54, 1.807) is 0 Å². The molecule has 0 rings (SSSR count). The number of rotatable bonds is 8. The molecule has 2 atom stereocenters. The highest BCUT2D eigenvalue weighted by Gasteiger charge is 2.25. The van der Waals surface area contributed by atoms with Crippen LogP contribution in [0.3, 0.4) is 0 Å². The van der Waals surface area contributed by atoms with E-state index in [2.05, 4.69) is 53.8 Å². The standard InChI is InChI=1S/C16H35N/c1-8-9-17-12-15(16(5,6)7)11-14(4)10-13(2)3/h13-15,17H,8-12H2,1-7H3. The first-order valence-corrected chi connectivity index (χ1v) is 7.48. The van der Waals surface area contributed by atoms with Gasteiger partial charge in [-0.25, -0.2) is 0 Å². The van der Waals surface area contributed by atoms with Crippen molar-refractivity contribution in [3.63, 3.8) is 0 Å². The molecule has 0 fully saturated rings. The predicted molar refractivity (Wildman–Crippen MR) is 79.3 cm³/mol. The minimum Gasteiger partial charge on any atom is -0.316 e. The number of nitrogens with one attached hydrogen (secondary N) is 1. The van der Waals surface area contributed by atoms with Gasteiger partial charge in [0, 0.05) is 0 Å². The summed E-state index contributed by atoms with van der Waals surface area (Å²) in [5.74, 6) is 2.47. The van der Waals surface area contributed by atoms with Crippen molar-refractivity contribution in [3.05, 3.63) is 0 Å². The second-order valence-corrected chi connectivity index (χ2v) is 7.24. The second-order valence-electron chi connectivity index (χ2n) is 7.24. The molecule has 1 heteroatoms. The molecular formula is C16H35N. The third kappa shape index (κ3) is 8.65. The minimum atomic E-state index is 0.423. The lowest BCUT2D eigenvalue weighted by molar-refractivity contribution is 0.185. The lowest BCUT2D eigenvalue weighted by Gasteiger charge is -2.33. The molecule has 0 aliphatic heterocycles. The third-order valence-electron chi connectivity index (χ3n) is 3.60. The maximum atomic E-state index is 3.60. The molecule has 0 aromatic heterocycles. The van der Waals surface area contributed by atoms with Gasteiger partial charge in [-0.05, 0) is 55.5 Å². The van der Waals surface area contributed by atoms with E-state index in [4.69, 9.17) is 0 Å². The van der Waals surface area contributed by atoms with Gasteiger partial charge >= 0.3 is 0 Å². The first-order chi connectivity index (χ1) is 7.77. The van der Waals surface area contributed by atoms with E-state index in [1.807, 2.05) is 0 Å². The molecule has 0 spiro atoms. The highest BCUT2D eigenvalue weighted by Crippen LogP contribution is 2.32. The van der Waals surface area contributed by atoms with Gasteiger partial charge in [0.25, 0.3) is 0 Å². The summed E-state index contributed by atoms with van der Waals surface area (Å²) in [7, 11) is 0. The van der Waals surface area contributed by atoms with Crippen LogP contribution in [-0.4, -0.2) is 13.1 Å². The molecule has 0 aliphatic carbocycles. The predicted octanol–water partition coefficient (Wildman–Crippen LogP) is 4.72. The zero-order valence-electron chi connectivity index (χ0n) is 13.3. The van der Waals surface area contributed by atoms with Crippen molar-refractivity contribution in [1.82, 2.24) is 5.32 Å². The van der Waals surface area contributed by atoms with E-state index in [-0.39, 0.29) is 0 Å². The van der Waals surface area contributed by atoms with Crippen LogP contribution in [0.25, 0.3) is 0 Å². The second kappa shape index (κ2) is 8.13. The molecule has 0 radical (unpaired) electrons. The van der Waals surface area contributed by atoms with E-state index >= 15 is 0 Å². The molecule has 0 saturated heterocycles. The van der Waals surface area contributed by atoms with Gasteiger partial charge in [-0.15, -0.1) is 0 Å². The lowest BCUT2D eigenvalue weighted by atomic mass is 9.75. The van der Waals surface area contributed by atoms with Crippen molar-refractivity contribution >= 4 is 0 Å². The molecule has 17 heavy (non-hydrogen) atoms. The van der Waals surface area contributed by atoms with Crippen LogP contribution in [0.1, 0.15) is 67.7 Å². The Hall–Kier alpha value is -0.0400. The zero-order chi connectivity index (χ0) is 13.5. The van der Waals surface area contributed by atoms with Crippen LogP contribution in [0.15, 0.2) is 0 Å². The molecule has 0 aromatic rings. The van der Waals surface area contributed by atoms with Crippen molar-refractivity contribution in [2.45, 2.75) is 67.7 Å². The highest BCUT2D eigenvalue weighted by molar-refractivity contribution is 4.78. The van der Waals surface area contributed by atoms with Gasteiger partial charge in [0.05, 0.1) is 0 Å². The summed E-state index contributed by atoms with van der Waals surface area (Å²) in [6.07, 6.45) is 3.96. The Morgan fingerprint density at radius 3 is 2.00 bits per heavy atom. The summed E-state index contributed by atoms with van der Waals surface area (Å²) < 4.78 is 0. The van der Waals surface area contributed by atoms with Crippen molar-refractivity contribution in [2.75, 3.05) is 13.1 Å². The fraction of sp³-hybridized carbons (Fsp3) is 1.00. The Morgan fingerprint density at radius 2 is 1.59 bits per heavy atom. The quantitative estimate of drug-likeness (QED) is 0.606. The van der Waals surface area contributed by atoms with Gasteiger partial charge in [0.2, 0.25) is 0 Å². The molecule has 0 bridgehead atoms. The van der Waals surface area contributed by atoms with E-state index in [0.29, 0.717) is 5.41 Å². The fourth-order valence-corrected chi connectivity index (χ4v) is 2.58. The molecule has 104 valence electrons. The molecular weight excluding hydrogens is 206 g/mol. The van der Waals surface area contributed by atoms with E-state index in [1.165, 1.54) is 25.8 Å². The highest BCUT2D eigenvalue weighted by atomic mass is 14.9. The van der Waals surface area contributed by atoms with Gasteiger partial charge in [-0.1, -0.05) is 48.5 Å². The fourth-order valence-electron chi connectivity index (χ4n) is 2.58. The van der Waals surface area contributed by atoms with Gasteiger partial charge in [0.1, 0.15) is 0 Å². The maximum absolute atomic E-state index is 3.60. The largest absolute Gasteiger partial charge is 0.316 e. The van der Waals surface area contributed by atoms with Crippen molar-refractivity contribution in [2.24, 2.45) is 23.2 Å². The maximum Gasteiger partial charge on any atom is -0.00154 e. The molecule has 2 unspecified atom stereocenters. The zero-order valence-corrected chi connectivity index (χ0v) is 13.3. The lowest BCUT2D eigenvalue weighted by Crippen LogP contribution is -2.33. The van der Waals surface area contributed by atoms with Gasteiger partial charge in [-0.2, -0.15) is 0 Å².